The number of amides is 2. The minimum Gasteiger partial charge on any atom is -0.367 e. The number of nitrogens with zero attached hydrogens (tertiary/aromatic N) is 4. The van der Waals surface area contributed by atoms with Gasteiger partial charge in [-0.2, -0.15) is 0 Å². The highest BCUT2D eigenvalue weighted by molar-refractivity contribution is 6.00. The summed E-state index contributed by atoms with van der Waals surface area (Å²) >= 11 is 0. The monoisotopic (exact) mass is 445 g/mol. The third-order valence-electron chi connectivity index (χ3n) is 5.41. The van der Waals surface area contributed by atoms with Crippen LogP contribution >= 0.6 is 0 Å². The Morgan fingerprint density at radius 3 is 2.45 bits per heavy atom. The van der Waals surface area contributed by atoms with Gasteiger partial charge in [-0.15, -0.1) is 10.2 Å². The van der Waals surface area contributed by atoms with Crippen molar-refractivity contribution in [2.24, 2.45) is 5.92 Å². The first-order valence-corrected chi connectivity index (χ1v) is 10.9. The van der Waals surface area contributed by atoms with Crippen LogP contribution in [0.3, 0.4) is 0 Å². The van der Waals surface area contributed by atoms with Crippen LogP contribution in [0.1, 0.15) is 17.5 Å². The molecule has 3 aromatic rings. The lowest BCUT2D eigenvalue weighted by Gasteiger charge is -2.17. The van der Waals surface area contributed by atoms with E-state index in [2.05, 4.69) is 31.1 Å². The number of hydrogen-bond donors (Lipinski definition) is 3. The van der Waals surface area contributed by atoms with E-state index in [0.29, 0.717) is 37.1 Å². The standard InChI is InChI=1S/C24H27N7O2/c1-16-3-5-19(6-4-16)31-15-18(14-23(31)32)24(33)27-12-11-26-20-7-8-21(30-29-20)28-22-13-17(2)9-10-25-22/h3-10,13,18H,11-12,14-15H2,1-2H3,(H,26,29)(H,27,33)(H,25,28,30)/t18-/m0/s1. The van der Waals surface area contributed by atoms with Crippen molar-refractivity contribution in [3.8, 4) is 0 Å². The van der Waals surface area contributed by atoms with E-state index in [0.717, 1.165) is 16.8 Å². The van der Waals surface area contributed by atoms with Crippen LogP contribution in [0.15, 0.2) is 54.7 Å². The molecule has 1 fully saturated rings. The summed E-state index contributed by atoms with van der Waals surface area (Å²) in [6, 6.07) is 15.2. The van der Waals surface area contributed by atoms with Crippen LogP contribution in [0.5, 0.6) is 0 Å². The molecule has 2 aromatic heterocycles. The van der Waals surface area contributed by atoms with Gasteiger partial charge in [0.2, 0.25) is 11.8 Å². The van der Waals surface area contributed by atoms with Crippen LogP contribution in [-0.2, 0) is 9.59 Å². The molecule has 4 rings (SSSR count). The fraction of sp³-hybridized carbons (Fsp3) is 0.292. The zero-order valence-electron chi connectivity index (χ0n) is 18.7. The Balaban J connectivity index is 1.20. The van der Waals surface area contributed by atoms with Crippen LogP contribution < -0.4 is 20.9 Å². The van der Waals surface area contributed by atoms with Crippen LogP contribution in [0.4, 0.5) is 23.1 Å². The van der Waals surface area contributed by atoms with Crippen LogP contribution in [0.2, 0.25) is 0 Å². The van der Waals surface area contributed by atoms with Crippen molar-refractivity contribution < 1.29 is 9.59 Å². The maximum atomic E-state index is 12.5. The third-order valence-corrected chi connectivity index (χ3v) is 5.41. The highest BCUT2D eigenvalue weighted by Crippen LogP contribution is 2.25. The molecule has 3 heterocycles. The summed E-state index contributed by atoms with van der Waals surface area (Å²) in [5, 5.41) is 17.4. The van der Waals surface area contributed by atoms with Crippen molar-refractivity contribution in [2.75, 3.05) is 35.2 Å². The summed E-state index contributed by atoms with van der Waals surface area (Å²) in [5.41, 5.74) is 3.06. The van der Waals surface area contributed by atoms with Crippen molar-refractivity contribution >= 4 is 35.0 Å². The second kappa shape index (κ2) is 10.1. The predicted octanol–water partition coefficient (Wildman–Crippen LogP) is 2.81. The van der Waals surface area contributed by atoms with Crippen LogP contribution in [-0.4, -0.2) is 46.6 Å². The molecule has 1 aliphatic rings. The summed E-state index contributed by atoms with van der Waals surface area (Å²) in [6.45, 7) is 5.31. The Morgan fingerprint density at radius 1 is 0.970 bits per heavy atom. The quantitative estimate of drug-likeness (QED) is 0.457. The van der Waals surface area contributed by atoms with Gasteiger partial charge in [0.15, 0.2) is 5.82 Å². The van der Waals surface area contributed by atoms with E-state index >= 15 is 0 Å². The molecule has 1 saturated heterocycles. The highest BCUT2D eigenvalue weighted by atomic mass is 16.2. The fourth-order valence-electron chi connectivity index (χ4n) is 3.61. The Kier molecular flexibility index (Phi) is 6.77. The number of carbonyl (C=O) groups is 2. The first-order valence-electron chi connectivity index (χ1n) is 10.9. The summed E-state index contributed by atoms with van der Waals surface area (Å²) in [4.78, 5) is 30.8. The van der Waals surface area contributed by atoms with E-state index in [1.165, 1.54) is 0 Å². The second-order valence-corrected chi connectivity index (χ2v) is 8.11. The zero-order chi connectivity index (χ0) is 23.2. The van der Waals surface area contributed by atoms with Gasteiger partial charge in [-0.3, -0.25) is 9.59 Å². The first kappa shape index (κ1) is 22.2. The van der Waals surface area contributed by atoms with Gasteiger partial charge < -0.3 is 20.9 Å². The molecular weight excluding hydrogens is 418 g/mol. The number of hydrogen-bond acceptors (Lipinski definition) is 7. The lowest BCUT2D eigenvalue weighted by atomic mass is 10.1. The maximum absolute atomic E-state index is 12.5. The number of aryl methyl sites for hydroxylation is 2. The van der Waals surface area contributed by atoms with Crippen molar-refractivity contribution in [3.63, 3.8) is 0 Å². The van der Waals surface area contributed by atoms with Crippen molar-refractivity contribution in [1.29, 1.82) is 0 Å². The molecule has 3 N–H and O–H groups in total. The molecule has 1 aliphatic heterocycles. The Morgan fingerprint density at radius 2 is 1.73 bits per heavy atom. The normalized spacial score (nSPS) is 15.4. The summed E-state index contributed by atoms with van der Waals surface area (Å²) < 4.78 is 0. The van der Waals surface area contributed by atoms with Crippen molar-refractivity contribution in [3.05, 3.63) is 65.9 Å². The van der Waals surface area contributed by atoms with E-state index in [-0.39, 0.29) is 24.2 Å². The Bertz CT molecular complexity index is 1120. The Hall–Kier alpha value is -4.01. The average Bonchev–Trinajstić information content (AvgIpc) is 3.20. The number of carbonyl (C=O) groups excluding carboxylic acids is 2. The fourth-order valence-corrected chi connectivity index (χ4v) is 3.61. The van der Waals surface area contributed by atoms with E-state index in [1.807, 2.05) is 62.4 Å². The SMILES string of the molecule is Cc1ccc(N2C[C@@H](C(=O)NCCNc3ccc(Nc4cc(C)ccn4)nn3)CC2=O)cc1. The van der Waals surface area contributed by atoms with Crippen molar-refractivity contribution in [1.82, 2.24) is 20.5 Å². The molecule has 0 saturated carbocycles. The Labute approximate surface area is 192 Å². The van der Waals surface area contributed by atoms with Gasteiger partial charge in [0.25, 0.3) is 0 Å². The summed E-state index contributed by atoms with van der Waals surface area (Å²) in [7, 11) is 0. The number of nitrogens with one attached hydrogen (secondary N) is 3. The number of anilines is 4. The van der Waals surface area contributed by atoms with E-state index in [9.17, 15) is 9.59 Å². The molecule has 0 bridgehead atoms. The lowest BCUT2D eigenvalue weighted by Crippen LogP contribution is -2.35. The average molecular weight is 446 g/mol. The lowest BCUT2D eigenvalue weighted by molar-refractivity contribution is -0.126. The molecule has 1 atom stereocenters. The van der Waals surface area contributed by atoms with Gasteiger partial charge in [-0.25, -0.2) is 4.98 Å². The largest absolute Gasteiger partial charge is 0.367 e. The number of aromatic nitrogens is 3. The molecule has 0 spiro atoms. The van der Waals surface area contributed by atoms with E-state index in [4.69, 9.17) is 0 Å². The smallest absolute Gasteiger partial charge is 0.227 e. The maximum Gasteiger partial charge on any atom is 0.227 e. The molecule has 0 unspecified atom stereocenters. The van der Waals surface area contributed by atoms with E-state index < -0.39 is 0 Å². The first-order chi connectivity index (χ1) is 16.0. The zero-order valence-corrected chi connectivity index (χ0v) is 18.7. The van der Waals surface area contributed by atoms with Crippen molar-refractivity contribution in [2.45, 2.75) is 20.3 Å². The van der Waals surface area contributed by atoms with Gasteiger partial charge in [-0.05, 0) is 55.8 Å². The van der Waals surface area contributed by atoms with Gasteiger partial charge in [0.05, 0.1) is 5.92 Å². The molecule has 33 heavy (non-hydrogen) atoms. The minimum absolute atomic E-state index is 0.0260. The number of pyridine rings is 1. The van der Waals surface area contributed by atoms with Crippen LogP contribution in [0, 0.1) is 19.8 Å². The minimum atomic E-state index is -0.348. The number of benzene rings is 1. The molecule has 9 nitrogen and oxygen atoms in total. The molecule has 170 valence electrons. The van der Waals surface area contributed by atoms with Gasteiger partial charge >= 0.3 is 0 Å². The highest BCUT2D eigenvalue weighted by Gasteiger charge is 2.34. The molecule has 2 amide bonds. The topological polar surface area (TPSA) is 112 Å². The molecule has 0 aliphatic carbocycles. The summed E-state index contributed by atoms with van der Waals surface area (Å²) in [5.74, 6) is 1.42. The molecule has 9 heteroatoms. The third kappa shape index (κ3) is 5.82. The molecular formula is C24H27N7O2. The molecule has 1 aromatic carbocycles. The number of rotatable bonds is 8. The van der Waals surface area contributed by atoms with Gasteiger partial charge in [-0.1, -0.05) is 17.7 Å². The predicted molar refractivity (Wildman–Crippen MR) is 127 cm³/mol. The van der Waals surface area contributed by atoms with E-state index in [1.54, 1.807) is 11.1 Å². The molecule has 0 radical (unpaired) electrons. The second-order valence-electron chi connectivity index (χ2n) is 8.11. The van der Waals surface area contributed by atoms with Crippen LogP contribution in [0.25, 0.3) is 0 Å². The summed E-state index contributed by atoms with van der Waals surface area (Å²) in [6.07, 6.45) is 1.96. The van der Waals surface area contributed by atoms with Gasteiger partial charge in [0, 0.05) is 37.9 Å². The van der Waals surface area contributed by atoms with Gasteiger partial charge in [0.1, 0.15) is 11.6 Å².